The fraction of sp³-hybridized carbons (Fsp3) is 0.500. The van der Waals surface area contributed by atoms with Gasteiger partial charge in [0.1, 0.15) is 5.15 Å². The second kappa shape index (κ2) is 5.86. The molecule has 1 aromatic heterocycles. The third-order valence-corrected chi connectivity index (χ3v) is 2.57. The number of carbonyl (C=O) groups is 1. The molecule has 0 fully saturated rings. The lowest BCUT2D eigenvalue weighted by Crippen LogP contribution is -2.06. The molecule has 0 radical (unpaired) electrons. The molecule has 0 aliphatic rings. The van der Waals surface area contributed by atoms with E-state index in [1.807, 2.05) is 0 Å². The van der Waals surface area contributed by atoms with Crippen LogP contribution in [0.4, 0.5) is 0 Å². The van der Waals surface area contributed by atoms with Gasteiger partial charge in [-0.05, 0) is 18.1 Å². The van der Waals surface area contributed by atoms with Crippen LogP contribution in [0.3, 0.4) is 0 Å². The fourth-order valence-electron chi connectivity index (χ4n) is 1.61. The quantitative estimate of drug-likeness (QED) is 0.564. The summed E-state index contributed by atoms with van der Waals surface area (Å²) >= 11 is 5.72. The summed E-state index contributed by atoms with van der Waals surface area (Å²) in [5, 5.41) is 0.379. The van der Waals surface area contributed by atoms with Gasteiger partial charge < -0.3 is 0 Å². The van der Waals surface area contributed by atoms with Crippen LogP contribution in [0, 0.1) is 5.92 Å². The van der Waals surface area contributed by atoms with E-state index in [0.717, 1.165) is 12.8 Å². The summed E-state index contributed by atoms with van der Waals surface area (Å²) in [4.78, 5) is 15.6. The lowest BCUT2D eigenvalue weighted by molar-refractivity contribution is 0.0962. The molecule has 2 nitrogen and oxygen atoms in total. The van der Waals surface area contributed by atoms with E-state index in [1.165, 1.54) is 0 Å². The van der Waals surface area contributed by atoms with Crippen molar-refractivity contribution in [3.05, 3.63) is 29.0 Å². The second-order valence-corrected chi connectivity index (χ2v) is 4.28. The van der Waals surface area contributed by atoms with Crippen molar-refractivity contribution in [1.29, 1.82) is 0 Å². The molecule has 1 atom stereocenters. The molecule has 0 aliphatic heterocycles. The van der Waals surface area contributed by atoms with E-state index >= 15 is 0 Å². The SMILES string of the molecule is CCCC(C)CC(=O)c1ccnc(Cl)c1. The third-order valence-electron chi connectivity index (χ3n) is 2.36. The van der Waals surface area contributed by atoms with Gasteiger partial charge in [-0.3, -0.25) is 4.79 Å². The van der Waals surface area contributed by atoms with Gasteiger partial charge in [-0.1, -0.05) is 38.3 Å². The Morgan fingerprint density at radius 3 is 2.93 bits per heavy atom. The highest BCUT2D eigenvalue weighted by molar-refractivity contribution is 6.29. The Kier molecular flexibility index (Phi) is 4.76. The normalized spacial score (nSPS) is 12.5. The lowest BCUT2D eigenvalue weighted by Gasteiger charge is -2.08. The zero-order valence-corrected chi connectivity index (χ0v) is 9.92. The van der Waals surface area contributed by atoms with Gasteiger partial charge >= 0.3 is 0 Å². The Morgan fingerprint density at radius 1 is 1.60 bits per heavy atom. The van der Waals surface area contributed by atoms with Crippen molar-refractivity contribution in [3.8, 4) is 0 Å². The highest BCUT2D eigenvalue weighted by Crippen LogP contribution is 2.15. The van der Waals surface area contributed by atoms with Crippen molar-refractivity contribution in [2.75, 3.05) is 0 Å². The standard InChI is InChI=1S/C12H16ClNO/c1-3-4-9(2)7-11(15)10-5-6-14-12(13)8-10/h5-6,8-9H,3-4,7H2,1-2H3. The van der Waals surface area contributed by atoms with Gasteiger partial charge in [0.05, 0.1) is 0 Å². The van der Waals surface area contributed by atoms with Crippen molar-refractivity contribution in [1.82, 2.24) is 4.98 Å². The summed E-state index contributed by atoms with van der Waals surface area (Å²) in [6.45, 7) is 4.23. The number of hydrogen-bond acceptors (Lipinski definition) is 2. The summed E-state index contributed by atoms with van der Waals surface area (Å²) in [5.74, 6) is 0.592. The van der Waals surface area contributed by atoms with Crippen molar-refractivity contribution >= 4 is 17.4 Å². The topological polar surface area (TPSA) is 30.0 Å². The maximum Gasteiger partial charge on any atom is 0.163 e. The van der Waals surface area contributed by atoms with E-state index in [9.17, 15) is 4.79 Å². The molecule has 1 rings (SSSR count). The first kappa shape index (κ1) is 12.2. The fourth-order valence-corrected chi connectivity index (χ4v) is 1.78. The van der Waals surface area contributed by atoms with Gasteiger partial charge in [-0.25, -0.2) is 4.98 Å². The average Bonchev–Trinajstić information content (AvgIpc) is 2.18. The van der Waals surface area contributed by atoms with Crippen LogP contribution in [0.2, 0.25) is 5.15 Å². The van der Waals surface area contributed by atoms with E-state index in [-0.39, 0.29) is 5.78 Å². The van der Waals surface area contributed by atoms with Gasteiger partial charge in [-0.15, -0.1) is 0 Å². The monoisotopic (exact) mass is 225 g/mol. The Bertz CT molecular complexity index is 338. The minimum atomic E-state index is 0.153. The molecule has 0 amide bonds. The molecule has 0 saturated carbocycles. The van der Waals surface area contributed by atoms with E-state index in [0.29, 0.717) is 23.1 Å². The first-order chi connectivity index (χ1) is 7.13. The predicted octanol–water partition coefficient (Wildman–Crippen LogP) is 3.74. The largest absolute Gasteiger partial charge is 0.294 e. The summed E-state index contributed by atoms with van der Waals surface area (Å²) in [7, 11) is 0. The molecule has 3 heteroatoms. The summed E-state index contributed by atoms with van der Waals surface area (Å²) in [6.07, 6.45) is 4.37. The van der Waals surface area contributed by atoms with Crippen LogP contribution in [0.25, 0.3) is 0 Å². The number of ketones is 1. The minimum Gasteiger partial charge on any atom is -0.294 e. The van der Waals surface area contributed by atoms with Gasteiger partial charge in [0.15, 0.2) is 5.78 Å². The zero-order chi connectivity index (χ0) is 11.3. The van der Waals surface area contributed by atoms with E-state index in [4.69, 9.17) is 11.6 Å². The summed E-state index contributed by atoms with van der Waals surface area (Å²) < 4.78 is 0. The summed E-state index contributed by atoms with van der Waals surface area (Å²) in [6, 6.07) is 3.34. The first-order valence-corrected chi connectivity index (χ1v) is 5.66. The maximum atomic E-state index is 11.8. The van der Waals surface area contributed by atoms with Crippen LogP contribution in [0.1, 0.15) is 43.5 Å². The molecule has 15 heavy (non-hydrogen) atoms. The Labute approximate surface area is 95.7 Å². The number of aromatic nitrogens is 1. The van der Waals surface area contributed by atoms with Gasteiger partial charge in [0.2, 0.25) is 0 Å². The number of carbonyl (C=O) groups excluding carboxylic acids is 1. The van der Waals surface area contributed by atoms with Gasteiger partial charge in [-0.2, -0.15) is 0 Å². The van der Waals surface area contributed by atoms with Crippen LogP contribution in [-0.4, -0.2) is 10.8 Å². The first-order valence-electron chi connectivity index (χ1n) is 5.28. The van der Waals surface area contributed by atoms with Gasteiger partial charge in [0.25, 0.3) is 0 Å². The van der Waals surface area contributed by atoms with E-state index in [2.05, 4.69) is 18.8 Å². The van der Waals surface area contributed by atoms with Crippen molar-refractivity contribution in [2.24, 2.45) is 5.92 Å². The number of pyridine rings is 1. The van der Waals surface area contributed by atoms with E-state index in [1.54, 1.807) is 18.3 Å². The number of hydrogen-bond donors (Lipinski definition) is 0. The molecule has 0 N–H and O–H groups in total. The molecule has 1 unspecified atom stereocenters. The molecule has 1 heterocycles. The zero-order valence-electron chi connectivity index (χ0n) is 9.16. The smallest absolute Gasteiger partial charge is 0.163 e. The third kappa shape index (κ3) is 4.00. The summed E-state index contributed by atoms with van der Waals surface area (Å²) in [5.41, 5.74) is 0.665. The van der Waals surface area contributed by atoms with Crippen molar-refractivity contribution in [3.63, 3.8) is 0 Å². The lowest BCUT2D eigenvalue weighted by atomic mass is 9.97. The molecule has 0 bridgehead atoms. The highest BCUT2D eigenvalue weighted by Gasteiger charge is 2.11. The molecule has 0 saturated heterocycles. The van der Waals surface area contributed by atoms with Crippen molar-refractivity contribution < 1.29 is 4.79 Å². The Balaban J connectivity index is 2.61. The molecular formula is C12H16ClNO. The molecule has 82 valence electrons. The van der Waals surface area contributed by atoms with Crippen LogP contribution >= 0.6 is 11.6 Å². The molecular weight excluding hydrogens is 210 g/mol. The molecule has 0 aliphatic carbocycles. The molecule has 1 aromatic rings. The molecule has 0 aromatic carbocycles. The van der Waals surface area contributed by atoms with Crippen LogP contribution in [0.5, 0.6) is 0 Å². The van der Waals surface area contributed by atoms with Crippen molar-refractivity contribution in [2.45, 2.75) is 33.1 Å². The Morgan fingerprint density at radius 2 is 2.33 bits per heavy atom. The number of Topliss-reactive ketones (excluding diaryl/α,β-unsaturated/α-hetero) is 1. The minimum absolute atomic E-state index is 0.153. The highest BCUT2D eigenvalue weighted by atomic mass is 35.5. The molecule has 0 spiro atoms. The number of halogens is 1. The van der Waals surface area contributed by atoms with Crippen LogP contribution in [-0.2, 0) is 0 Å². The average molecular weight is 226 g/mol. The number of rotatable bonds is 5. The van der Waals surface area contributed by atoms with Crippen LogP contribution in [0.15, 0.2) is 18.3 Å². The number of nitrogens with zero attached hydrogens (tertiary/aromatic N) is 1. The maximum absolute atomic E-state index is 11.8. The Hall–Kier alpha value is -0.890. The van der Waals surface area contributed by atoms with Gasteiger partial charge in [0, 0.05) is 18.2 Å². The van der Waals surface area contributed by atoms with Crippen LogP contribution < -0.4 is 0 Å². The van der Waals surface area contributed by atoms with E-state index < -0.39 is 0 Å². The second-order valence-electron chi connectivity index (χ2n) is 3.89. The predicted molar refractivity (Wildman–Crippen MR) is 62.3 cm³/mol.